The molecule has 7 heteroatoms. The van der Waals surface area contributed by atoms with Gasteiger partial charge in [0, 0.05) is 6.42 Å². The summed E-state index contributed by atoms with van der Waals surface area (Å²) in [5, 5.41) is 11.1. The Balaban J connectivity index is 4.90. The van der Waals surface area contributed by atoms with Crippen molar-refractivity contribution in [2.75, 3.05) is 0 Å². The SMILES string of the molecule is CC(C)CCC(=O)NC(N)(C(=O)O)C(=O)OC(C)(C)C. The van der Waals surface area contributed by atoms with E-state index in [-0.39, 0.29) is 12.3 Å². The smallest absolute Gasteiger partial charge is 0.359 e. The second-order valence-corrected chi connectivity index (χ2v) is 6.10. The summed E-state index contributed by atoms with van der Waals surface area (Å²) in [5.74, 6) is -3.19. The van der Waals surface area contributed by atoms with E-state index in [0.717, 1.165) is 0 Å². The molecule has 0 aromatic rings. The maximum atomic E-state index is 11.9. The Hall–Kier alpha value is -1.63. The highest BCUT2D eigenvalue weighted by molar-refractivity contribution is 6.06. The molecule has 7 nitrogen and oxygen atoms in total. The van der Waals surface area contributed by atoms with Gasteiger partial charge in [0.25, 0.3) is 5.66 Å². The molecule has 0 aromatic carbocycles. The normalized spacial score (nSPS) is 14.6. The Labute approximate surface area is 118 Å². The zero-order valence-electron chi connectivity index (χ0n) is 12.6. The number of carbonyl (C=O) groups is 3. The third-order valence-corrected chi connectivity index (χ3v) is 2.34. The first-order valence-electron chi connectivity index (χ1n) is 6.45. The van der Waals surface area contributed by atoms with E-state index in [1.807, 2.05) is 19.2 Å². The van der Waals surface area contributed by atoms with Crippen LogP contribution in [0.5, 0.6) is 0 Å². The van der Waals surface area contributed by atoms with Crippen molar-refractivity contribution in [3.05, 3.63) is 0 Å². The first-order chi connectivity index (χ1) is 8.88. The van der Waals surface area contributed by atoms with Gasteiger partial charge in [0.1, 0.15) is 5.60 Å². The van der Waals surface area contributed by atoms with E-state index in [9.17, 15) is 14.4 Å². The van der Waals surface area contributed by atoms with E-state index in [4.69, 9.17) is 15.6 Å². The molecule has 0 aliphatic rings. The Morgan fingerprint density at radius 1 is 1.25 bits per heavy atom. The van der Waals surface area contributed by atoms with E-state index >= 15 is 0 Å². The summed E-state index contributed by atoms with van der Waals surface area (Å²) in [4.78, 5) is 34.7. The number of rotatable bonds is 6. The molecular weight excluding hydrogens is 264 g/mol. The van der Waals surface area contributed by atoms with Crippen molar-refractivity contribution in [2.45, 2.75) is 58.7 Å². The molecule has 4 N–H and O–H groups in total. The van der Waals surface area contributed by atoms with Crippen LogP contribution in [0, 0.1) is 5.92 Å². The second kappa shape index (κ2) is 6.69. The average molecular weight is 288 g/mol. The zero-order valence-corrected chi connectivity index (χ0v) is 12.6. The molecular formula is C13H24N2O5. The van der Waals surface area contributed by atoms with Crippen LogP contribution >= 0.6 is 0 Å². The summed E-state index contributed by atoms with van der Waals surface area (Å²) in [5.41, 5.74) is 2.02. The van der Waals surface area contributed by atoms with Gasteiger partial charge >= 0.3 is 11.9 Å². The number of esters is 1. The molecule has 20 heavy (non-hydrogen) atoms. The van der Waals surface area contributed by atoms with Crippen LogP contribution in [-0.4, -0.2) is 34.2 Å². The number of hydrogen-bond acceptors (Lipinski definition) is 5. The molecule has 0 radical (unpaired) electrons. The number of amides is 1. The number of carbonyl (C=O) groups excluding carboxylic acids is 2. The lowest BCUT2D eigenvalue weighted by atomic mass is 10.1. The van der Waals surface area contributed by atoms with Crippen LogP contribution < -0.4 is 11.1 Å². The largest absolute Gasteiger partial charge is 0.478 e. The van der Waals surface area contributed by atoms with Crippen molar-refractivity contribution in [3.8, 4) is 0 Å². The summed E-state index contributed by atoms with van der Waals surface area (Å²) < 4.78 is 4.93. The van der Waals surface area contributed by atoms with Crippen molar-refractivity contribution >= 4 is 17.8 Å². The first-order valence-corrected chi connectivity index (χ1v) is 6.45. The molecule has 0 saturated heterocycles. The van der Waals surface area contributed by atoms with Crippen LogP contribution in [-0.2, 0) is 19.1 Å². The van der Waals surface area contributed by atoms with Crippen LogP contribution in [0.4, 0.5) is 0 Å². The van der Waals surface area contributed by atoms with Crippen LogP contribution in [0.15, 0.2) is 0 Å². The van der Waals surface area contributed by atoms with Crippen LogP contribution in [0.3, 0.4) is 0 Å². The molecule has 1 amide bonds. The number of nitrogens with one attached hydrogen (secondary N) is 1. The predicted octanol–water partition coefficient (Wildman–Crippen LogP) is 0.620. The molecule has 0 aliphatic carbocycles. The van der Waals surface area contributed by atoms with E-state index in [1.165, 1.54) is 0 Å². The van der Waals surface area contributed by atoms with Gasteiger partial charge in [-0.2, -0.15) is 0 Å². The van der Waals surface area contributed by atoms with Crippen LogP contribution in [0.25, 0.3) is 0 Å². The van der Waals surface area contributed by atoms with Crippen LogP contribution in [0.2, 0.25) is 0 Å². The molecule has 1 unspecified atom stereocenters. The molecule has 0 aromatic heterocycles. The molecule has 0 bridgehead atoms. The number of aliphatic carboxylic acids is 1. The minimum atomic E-state index is -2.57. The third kappa shape index (κ3) is 6.01. The number of carboxylic acid groups (broad SMARTS) is 1. The minimum absolute atomic E-state index is 0.0900. The summed E-state index contributed by atoms with van der Waals surface area (Å²) in [6.45, 7) is 8.58. The molecule has 116 valence electrons. The van der Waals surface area contributed by atoms with Gasteiger partial charge in [-0.15, -0.1) is 0 Å². The number of hydrogen-bond donors (Lipinski definition) is 3. The molecule has 0 rings (SSSR count). The van der Waals surface area contributed by atoms with E-state index < -0.39 is 29.1 Å². The summed E-state index contributed by atoms with van der Waals surface area (Å²) in [6.07, 6.45) is 0.655. The summed E-state index contributed by atoms with van der Waals surface area (Å²) in [6, 6.07) is 0. The lowest BCUT2D eigenvalue weighted by molar-refractivity contribution is -0.172. The predicted molar refractivity (Wildman–Crippen MR) is 72.6 cm³/mol. The van der Waals surface area contributed by atoms with Crippen molar-refractivity contribution in [2.24, 2.45) is 11.7 Å². The monoisotopic (exact) mass is 288 g/mol. The van der Waals surface area contributed by atoms with Gasteiger partial charge in [-0.25, -0.2) is 9.59 Å². The lowest BCUT2D eigenvalue weighted by Gasteiger charge is -2.28. The minimum Gasteiger partial charge on any atom is -0.478 e. The van der Waals surface area contributed by atoms with Gasteiger partial charge in [0.05, 0.1) is 0 Å². The fourth-order valence-corrected chi connectivity index (χ4v) is 1.25. The van der Waals surface area contributed by atoms with Gasteiger partial charge in [0.15, 0.2) is 0 Å². The van der Waals surface area contributed by atoms with Gasteiger partial charge < -0.3 is 15.2 Å². The maximum absolute atomic E-state index is 11.9. The standard InChI is InChI=1S/C13H24N2O5/c1-8(2)6-7-9(16)15-13(14,10(17)18)11(19)20-12(3,4)5/h8H,6-7,14H2,1-5H3,(H,15,16)(H,17,18). The highest BCUT2D eigenvalue weighted by Crippen LogP contribution is 2.12. The topological polar surface area (TPSA) is 119 Å². The third-order valence-electron chi connectivity index (χ3n) is 2.34. The number of carboxylic acids is 1. The lowest BCUT2D eigenvalue weighted by Crippen LogP contribution is -2.68. The number of ether oxygens (including phenoxy) is 1. The highest BCUT2D eigenvalue weighted by Gasteiger charge is 2.47. The summed E-state index contributed by atoms with van der Waals surface area (Å²) >= 11 is 0. The zero-order chi connectivity index (χ0) is 16.1. The fourth-order valence-electron chi connectivity index (χ4n) is 1.25. The fraction of sp³-hybridized carbons (Fsp3) is 0.769. The van der Waals surface area contributed by atoms with E-state index in [0.29, 0.717) is 6.42 Å². The molecule has 0 aliphatic heterocycles. The quantitative estimate of drug-likeness (QED) is 0.374. The van der Waals surface area contributed by atoms with Crippen molar-refractivity contribution < 1.29 is 24.2 Å². The van der Waals surface area contributed by atoms with Gasteiger partial charge in [0.2, 0.25) is 5.91 Å². The Morgan fingerprint density at radius 2 is 1.75 bits per heavy atom. The Kier molecular flexibility index (Phi) is 6.15. The average Bonchev–Trinajstić information content (AvgIpc) is 2.23. The summed E-state index contributed by atoms with van der Waals surface area (Å²) in [7, 11) is 0. The molecule has 0 spiro atoms. The van der Waals surface area contributed by atoms with E-state index in [2.05, 4.69) is 0 Å². The van der Waals surface area contributed by atoms with Crippen molar-refractivity contribution in [1.29, 1.82) is 0 Å². The van der Waals surface area contributed by atoms with E-state index in [1.54, 1.807) is 20.8 Å². The van der Waals surface area contributed by atoms with Gasteiger partial charge in [-0.3, -0.25) is 10.5 Å². The second-order valence-electron chi connectivity index (χ2n) is 6.10. The van der Waals surface area contributed by atoms with Crippen molar-refractivity contribution in [3.63, 3.8) is 0 Å². The Morgan fingerprint density at radius 3 is 2.10 bits per heavy atom. The Bertz CT molecular complexity index is 387. The molecule has 0 fully saturated rings. The molecule has 0 saturated carbocycles. The number of nitrogens with two attached hydrogens (primary N) is 1. The van der Waals surface area contributed by atoms with Crippen molar-refractivity contribution in [1.82, 2.24) is 5.32 Å². The molecule has 0 heterocycles. The van der Waals surface area contributed by atoms with Crippen LogP contribution in [0.1, 0.15) is 47.5 Å². The first kappa shape index (κ1) is 18.4. The molecule has 1 atom stereocenters. The van der Waals surface area contributed by atoms with Gasteiger partial charge in [-0.05, 0) is 33.1 Å². The van der Waals surface area contributed by atoms with Gasteiger partial charge in [-0.1, -0.05) is 13.8 Å². The maximum Gasteiger partial charge on any atom is 0.359 e. The highest BCUT2D eigenvalue weighted by atomic mass is 16.6.